The maximum absolute atomic E-state index is 12.2. The highest BCUT2D eigenvalue weighted by Crippen LogP contribution is 2.17. The molecular weight excluding hydrogens is 314 g/mol. The first-order chi connectivity index (χ1) is 12.0. The number of carbonyl (C=O) groups is 2. The summed E-state index contributed by atoms with van der Waals surface area (Å²) in [7, 11) is 0. The van der Waals surface area contributed by atoms with Crippen molar-refractivity contribution < 1.29 is 9.59 Å². The van der Waals surface area contributed by atoms with E-state index in [0.717, 1.165) is 22.4 Å². The maximum atomic E-state index is 12.2. The zero-order chi connectivity index (χ0) is 17.8. The van der Waals surface area contributed by atoms with Gasteiger partial charge in [-0.1, -0.05) is 48.0 Å². The van der Waals surface area contributed by atoms with E-state index in [0.29, 0.717) is 19.5 Å². The third-order valence-corrected chi connectivity index (χ3v) is 4.40. The van der Waals surface area contributed by atoms with E-state index in [1.165, 1.54) is 0 Å². The molecular formula is C20H23N3O2. The molecule has 0 spiro atoms. The quantitative estimate of drug-likeness (QED) is 0.900. The molecule has 0 aliphatic carbocycles. The molecule has 2 aromatic carbocycles. The summed E-state index contributed by atoms with van der Waals surface area (Å²) in [6.07, 6.45) is 0.340. The van der Waals surface area contributed by atoms with Gasteiger partial charge < -0.3 is 15.5 Å². The monoisotopic (exact) mass is 337 g/mol. The molecule has 1 fully saturated rings. The highest BCUT2D eigenvalue weighted by molar-refractivity contribution is 5.91. The Labute approximate surface area is 148 Å². The lowest BCUT2D eigenvalue weighted by Crippen LogP contribution is -2.39. The van der Waals surface area contributed by atoms with Crippen molar-refractivity contribution in [3.63, 3.8) is 0 Å². The first kappa shape index (κ1) is 17.0. The van der Waals surface area contributed by atoms with Crippen LogP contribution in [0.1, 0.15) is 23.1 Å². The van der Waals surface area contributed by atoms with Crippen molar-refractivity contribution >= 4 is 17.6 Å². The van der Waals surface area contributed by atoms with Crippen LogP contribution in [0.4, 0.5) is 10.5 Å². The van der Waals surface area contributed by atoms with E-state index < -0.39 is 0 Å². The van der Waals surface area contributed by atoms with Gasteiger partial charge in [-0.3, -0.25) is 4.79 Å². The van der Waals surface area contributed by atoms with Gasteiger partial charge in [0.05, 0.1) is 6.04 Å². The Balaban J connectivity index is 1.55. The third kappa shape index (κ3) is 4.38. The number of benzene rings is 2. The summed E-state index contributed by atoms with van der Waals surface area (Å²) in [6, 6.07) is 15.3. The fraction of sp³-hybridized carbons (Fsp3) is 0.300. The number of urea groups is 1. The Morgan fingerprint density at radius 2 is 1.92 bits per heavy atom. The molecule has 0 saturated carbocycles. The number of likely N-dealkylation sites (tertiary alicyclic amines) is 1. The minimum Gasteiger partial charge on any atom is -0.336 e. The summed E-state index contributed by atoms with van der Waals surface area (Å²) < 4.78 is 0. The second-order valence-corrected chi connectivity index (χ2v) is 6.58. The highest BCUT2D eigenvalue weighted by atomic mass is 16.2. The second-order valence-electron chi connectivity index (χ2n) is 6.58. The number of hydrogen-bond acceptors (Lipinski definition) is 2. The summed E-state index contributed by atoms with van der Waals surface area (Å²) >= 11 is 0. The predicted molar refractivity (Wildman–Crippen MR) is 98.3 cm³/mol. The van der Waals surface area contributed by atoms with Gasteiger partial charge in [0.2, 0.25) is 5.91 Å². The van der Waals surface area contributed by atoms with Crippen LogP contribution in [0.15, 0.2) is 48.5 Å². The molecule has 1 heterocycles. The number of anilines is 1. The average molecular weight is 337 g/mol. The van der Waals surface area contributed by atoms with Gasteiger partial charge >= 0.3 is 6.03 Å². The van der Waals surface area contributed by atoms with Crippen LogP contribution < -0.4 is 10.6 Å². The molecule has 0 radical (unpaired) electrons. The van der Waals surface area contributed by atoms with E-state index in [4.69, 9.17) is 0 Å². The van der Waals surface area contributed by atoms with Crippen molar-refractivity contribution in [2.45, 2.75) is 32.9 Å². The SMILES string of the molecule is Cc1ccc(NC(=O)NC2CC(=O)N(Cc3ccccc3)C2)c(C)c1. The first-order valence-corrected chi connectivity index (χ1v) is 8.48. The van der Waals surface area contributed by atoms with Crippen molar-refractivity contribution in [3.05, 3.63) is 65.2 Å². The number of rotatable bonds is 4. The van der Waals surface area contributed by atoms with Crippen LogP contribution in [0.25, 0.3) is 0 Å². The van der Waals surface area contributed by atoms with Gasteiger partial charge in [0.1, 0.15) is 0 Å². The van der Waals surface area contributed by atoms with Crippen molar-refractivity contribution in [2.24, 2.45) is 0 Å². The topological polar surface area (TPSA) is 61.4 Å². The highest BCUT2D eigenvalue weighted by Gasteiger charge is 2.30. The minimum atomic E-state index is -0.272. The lowest BCUT2D eigenvalue weighted by Gasteiger charge is -2.17. The van der Waals surface area contributed by atoms with Gasteiger partial charge in [0.15, 0.2) is 0 Å². The Hall–Kier alpha value is -2.82. The number of nitrogens with one attached hydrogen (secondary N) is 2. The molecule has 3 rings (SSSR count). The van der Waals surface area contributed by atoms with Crippen LogP contribution in [-0.4, -0.2) is 29.4 Å². The molecule has 5 nitrogen and oxygen atoms in total. The molecule has 1 aliphatic rings. The molecule has 1 unspecified atom stereocenters. The molecule has 1 saturated heterocycles. The van der Waals surface area contributed by atoms with Crippen molar-refractivity contribution in [2.75, 3.05) is 11.9 Å². The largest absolute Gasteiger partial charge is 0.336 e. The first-order valence-electron chi connectivity index (χ1n) is 8.48. The van der Waals surface area contributed by atoms with Crippen LogP contribution in [0.2, 0.25) is 0 Å². The van der Waals surface area contributed by atoms with E-state index in [1.54, 1.807) is 4.90 Å². The average Bonchev–Trinajstić information content (AvgIpc) is 2.90. The lowest BCUT2D eigenvalue weighted by atomic mass is 10.1. The Bertz CT molecular complexity index is 774. The number of hydrogen-bond donors (Lipinski definition) is 2. The Morgan fingerprint density at radius 3 is 2.64 bits per heavy atom. The van der Waals surface area contributed by atoms with E-state index in [-0.39, 0.29) is 18.0 Å². The molecule has 1 atom stereocenters. The maximum Gasteiger partial charge on any atom is 0.319 e. The molecule has 5 heteroatoms. The van der Waals surface area contributed by atoms with Crippen LogP contribution in [-0.2, 0) is 11.3 Å². The second kappa shape index (κ2) is 7.38. The standard InChI is InChI=1S/C20H23N3O2/c1-14-8-9-18(15(2)10-14)22-20(25)21-17-11-19(24)23(13-17)12-16-6-4-3-5-7-16/h3-10,17H,11-13H2,1-2H3,(H2,21,22,25). The van der Waals surface area contributed by atoms with Crippen LogP contribution in [0, 0.1) is 13.8 Å². The molecule has 130 valence electrons. The van der Waals surface area contributed by atoms with Gasteiger partial charge in [0.25, 0.3) is 0 Å². The van der Waals surface area contributed by atoms with Crippen molar-refractivity contribution in [1.29, 1.82) is 0 Å². The number of amides is 3. The fourth-order valence-corrected chi connectivity index (χ4v) is 3.12. The predicted octanol–water partition coefficient (Wildman–Crippen LogP) is 3.23. The molecule has 1 aliphatic heterocycles. The van der Waals surface area contributed by atoms with Gasteiger partial charge in [-0.15, -0.1) is 0 Å². The Kier molecular flexibility index (Phi) is 5.03. The van der Waals surface area contributed by atoms with Crippen LogP contribution >= 0.6 is 0 Å². The van der Waals surface area contributed by atoms with Gasteiger partial charge in [-0.2, -0.15) is 0 Å². The smallest absolute Gasteiger partial charge is 0.319 e. The molecule has 2 N–H and O–H groups in total. The summed E-state index contributed by atoms with van der Waals surface area (Å²) in [5.74, 6) is 0.0701. The molecule has 3 amide bonds. The van der Waals surface area contributed by atoms with Crippen LogP contribution in [0.3, 0.4) is 0 Å². The van der Waals surface area contributed by atoms with E-state index in [1.807, 2.05) is 62.4 Å². The third-order valence-electron chi connectivity index (χ3n) is 4.40. The van der Waals surface area contributed by atoms with Crippen molar-refractivity contribution in [3.8, 4) is 0 Å². The van der Waals surface area contributed by atoms with Crippen LogP contribution in [0.5, 0.6) is 0 Å². The zero-order valence-electron chi connectivity index (χ0n) is 14.6. The van der Waals surface area contributed by atoms with E-state index >= 15 is 0 Å². The summed E-state index contributed by atoms with van der Waals surface area (Å²) in [4.78, 5) is 26.2. The van der Waals surface area contributed by atoms with Gasteiger partial charge in [-0.25, -0.2) is 4.79 Å². The summed E-state index contributed by atoms with van der Waals surface area (Å²) in [5, 5.41) is 5.77. The number of aryl methyl sites for hydroxylation is 2. The number of nitrogens with zero attached hydrogens (tertiary/aromatic N) is 1. The lowest BCUT2D eigenvalue weighted by molar-refractivity contribution is -0.128. The van der Waals surface area contributed by atoms with E-state index in [2.05, 4.69) is 10.6 Å². The summed E-state index contributed by atoms with van der Waals surface area (Å²) in [5.41, 5.74) is 4.05. The molecule has 2 aromatic rings. The summed E-state index contributed by atoms with van der Waals surface area (Å²) in [6.45, 7) is 5.09. The van der Waals surface area contributed by atoms with Gasteiger partial charge in [-0.05, 0) is 31.0 Å². The molecule has 0 aromatic heterocycles. The molecule has 0 bridgehead atoms. The minimum absolute atomic E-state index is 0.0701. The van der Waals surface area contributed by atoms with E-state index in [9.17, 15) is 9.59 Å². The van der Waals surface area contributed by atoms with Crippen molar-refractivity contribution in [1.82, 2.24) is 10.2 Å². The van der Waals surface area contributed by atoms with Gasteiger partial charge in [0, 0.05) is 25.2 Å². The zero-order valence-corrected chi connectivity index (χ0v) is 14.6. The fourth-order valence-electron chi connectivity index (χ4n) is 3.12. The Morgan fingerprint density at radius 1 is 1.16 bits per heavy atom. The normalized spacial score (nSPS) is 16.8. The molecule has 25 heavy (non-hydrogen) atoms. The number of carbonyl (C=O) groups excluding carboxylic acids is 2.